The molecule has 0 aliphatic rings. The Balaban J connectivity index is 1.72. The molecular weight excluding hydrogens is 388 g/mol. The minimum atomic E-state index is -0.480. The molecule has 2 N–H and O–H groups in total. The van der Waals surface area contributed by atoms with Crippen molar-refractivity contribution >= 4 is 0 Å². The second-order valence-corrected chi connectivity index (χ2v) is 7.79. The molecule has 0 unspecified atom stereocenters. The van der Waals surface area contributed by atoms with E-state index in [4.69, 9.17) is 10.5 Å². The van der Waals surface area contributed by atoms with Crippen LogP contribution in [0.4, 0.5) is 0 Å². The number of rotatable bonds is 5. The summed E-state index contributed by atoms with van der Waals surface area (Å²) in [5, 5.41) is 13.9. The average molecular weight is 410 g/mol. The summed E-state index contributed by atoms with van der Waals surface area (Å²) in [6.07, 6.45) is 3.48. The first kappa shape index (κ1) is 20.3. The number of aryl methyl sites for hydroxylation is 1. The van der Waals surface area contributed by atoms with Crippen LogP contribution in [0, 0.1) is 11.3 Å². The van der Waals surface area contributed by atoms with Crippen LogP contribution in [0.3, 0.4) is 0 Å². The molecule has 0 amide bonds. The normalized spacial score (nSPS) is 11.2. The van der Waals surface area contributed by atoms with Crippen molar-refractivity contribution in [1.82, 2.24) is 19.7 Å². The van der Waals surface area contributed by atoms with Gasteiger partial charge >= 0.3 is 0 Å². The predicted octanol–water partition coefficient (Wildman–Crippen LogP) is 4.40. The molecule has 7 nitrogen and oxygen atoms in total. The zero-order chi connectivity index (χ0) is 22.0. The number of ether oxygens (including phenoxy) is 1. The van der Waals surface area contributed by atoms with Gasteiger partial charge in [-0.3, -0.25) is 9.97 Å². The van der Waals surface area contributed by atoms with Crippen molar-refractivity contribution in [2.24, 2.45) is 12.8 Å². The number of benzene rings is 1. The topological polar surface area (TPSA) is 103 Å². The van der Waals surface area contributed by atoms with Crippen LogP contribution in [0.5, 0.6) is 11.6 Å². The Kier molecular flexibility index (Phi) is 5.24. The van der Waals surface area contributed by atoms with Gasteiger partial charge < -0.3 is 10.5 Å². The van der Waals surface area contributed by atoms with Crippen LogP contribution in [-0.4, -0.2) is 19.7 Å². The Morgan fingerprint density at radius 1 is 1.00 bits per heavy atom. The first-order chi connectivity index (χ1) is 14.8. The molecule has 4 rings (SSSR count). The summed E-state index contributed by atoms with van der Waals surface area (Å²) < 4.78 is 7.83. The number of aromatic nitrogens is 4. The number of pyridine rings is 2. The van der Waals surface area contributed by atoms with Crippen molar-refractivity contribution in [2.75, 3.05) is 0 Å². The Morgan fingerprint density at radius 2 is 1.84 bits per heavy atom. The fourth-order valence-corrected chi connectivity index (χ4v) is 3.12. The molecule has 3 heterocycles. The molecule has 0 atom stereocenters. The second kappa shape index (κ2) is 8.01. The van der Waals surface area contributed by atoms with E-state index in [2.05, 4.69) is 21.1 Å². The van der Waals surface area contributed by atoms with Crippen molar-refractivity contribution in [3.05, 3.63) is 78.1 Å². The first-order valence-electron chi connectivity index (χ1n) is 9.78. The summed E-state index contributed by atoms with van der Waals surface area (Å²) in [4.78, 5) is 8.91. The quantitative estimate of drug-likeness (QED) is 0.523. The predicted molar refractivity (Wildman–Crippen MR) is 118 cm³/mol. The van der Waals surface area contributed by atoms with Crippen LogP contribution in [0.1, 0.15) is 25.0 Å². The van der Waals surface area contributed by atoms with E-state index in [1.807, 2.05) is 56.3 Å². The molecule has 154 valence electrons. The van der Waals surface area contributed by atoms with Crippen LogP contribution >= 0.6 is 0 Å². The highest BCUT2D eigenvalue weighted by Crippen LogP contribution is 2.34. The molecule has 3 aromatic heterocycles. The number of hydrogen-bond acceptors (Lipinski definition) is 6. The Labute approximate surface area is 180 Å². The molecule has 0 saturated carbocycles. The van der Waals surface area contributed by atoms with Crippen LogP contribution < -0.4 is 10.5 Å². The Hall–Kier alpha value is -4.02. The third-order valence-corrected chi connectivity index (χ3v) is 4.87. The minimum absolute atomic E-state index is 0.480. The van der Waals surface area contributed by atoms with Gasteiger partial charge in [0, 0.05) is 36.6 Å². The van der Waals surface area contributed by atoms with E-state index >= 15 is 0 Å². The molecule has 0 bridgehead atoms. The largest absolute Gasteiger partial charge is 0.439 e. The van der Waals surface area contributed by atoms with Crippen LogP contribution in [0.2, 0.25) is 0 Å². The van der Waals surface area contributed by atoms with Crippen molar-refractivity contribution in [3.8, 4) is 40.3 Å². The van der Waals surface area contributed by atoms with Gasteiger partial charge in [0.1, 0.15) is 11.4 Å². The number of nitrogens with two attached hydrogens (primary N) is 1. The van der Waals surface area contributed by atoms with Gasteiger partial charge in [-0.1, -0.05) is 12.1 Å². The lowest BCUT2D eigenvalue weighted by atomic mass is 9.96. The summed E-state index contributed by atoms with van der Waals surface area (Å²) in [5.74, 6) is 1.04. The highest BCUT2D eigenvalue weighted by Gasteiger charge is 2.17. The fourth-order valence-electron chi connectivity index (χ4n) is 3.12. The zero-order valence-electron chi connectivity index (χ0n) is 17.6. The van der Waals surface area contributed by atoms with E-state index in [-0.39, 0.29) is 0 Å². The molecule has 7 heteroatoms. The van der Waals surface area contributed by atoms with Gasteiger partial charge in [-0.25, -0.2) is 4.68 Å². The van der Waals surface area contributed by atoms with E-state index in [0.29, 0.717) is 22.9 Å². The van der Waals surface area contributed by atoms with Gasteiger partial charge in [-0.05, 0) is 55.8 Å². The summed E-state index contributed by atoms with van der Waals surface area (Å²) in [7, 11) is 1.80. The monoisotopic (exact) mass is 410 g/mol. The first-order valence-corrected chi connectivity index (χ1v) is 9.78. The Bertz CT molecular complexity index is 1250. The molecule has 0 aliphatic carbocycles. The SMILES string of the molecule is Cn1nc(-c2ccccn2)cc1Oc1cc(C#N)ccc1-c1ccc(C(C)(C)N)cn1. The summed E-state index contributed by atoms with van der Waals surface area (Å²) in [6.45, 7) is 3.86. The number of hydrogen-bond donors (Lipinski definition) is 1. The van der Waals surface area contributed by atoms with Gasteiger partial charge in [0.2, 0.25) is 5.88 Å². The van der Waals surface area contributed by atoms with Crippen molar-refractivity contribution in [1.29, 1.82) is 5.26 Å². The van der Waals surface area contributed by atoms with E-state index in [9.17, 15) is 5.26 Å². The van der Waals surface area contributed by atoms with E-state index in [1.54, 1.807) is 36.3 Å². The van der Waals surface area contributed by atoms with E-state index in [1.165, 1.54) is 0 Å². The minimum Gasteiger partial charge on any atom is -0.439 e. The molecular formula is C24H22N6O. The van der Waals surface area contributed by atoms with Gasteiger partial charge in [-0.2, -0.15) is 10.4 Å². The standard InChI is InChI=1S/C24H22N6O/c1-24(2,26)17-8-10-19(28-15-17)18-9-7-16(14-25)12-22(18)31-23-13-21(29-30(23)3)20-6-4-5-11-27-20/h4-13,15H,26H2,1-3H3. The summed E-state index contributed by atoms with van der Waals surface area (Å²) >= 11 is 0. The van der Waals surface area contributed by atoms with Crippen LogP contribution in [0.25, 0.3) is 22.6 Å². The molecule has 1 aromatic carbocycles. The van der Waals surface area contributed by atoms with Gasteiger partial charge in [-0.15, -0.1) is 0 Å². The third-order valence-electron chi connectivity index (χ3n) is 4.87. The van der Waals surface area contributed by atoms with Crippen molar-refractivity contribution in [3.63, 3.8) is 0 Å². The lowest BCUT2D eigenvalue weighted by molar-refractivity contribution is 0.432. The van der Waals surface area contributed by atoms with Gasteiger partial charge in [0.25, 0.3) is 0 Å². The van der Waals surface area contributed by atoms with Gasteiger partial charge in [0.05, 0.1) is 23.0 Å². The van der Waals surface area contributed by atoms with Gasteiger partial charge in [0.15, 0.2) is 0 Å². The maximum Gasteiger partial charge on any atom is 0.218 e. The van der Waals surface area contributed by atoms with Crippen molar-refractivity contribution < 1.29 is 4.74 Å². The highest BCUT2D eigenvalue weighted by atomic mass is 16.5. The second-order valence-electron chi connectivity index (χ2n) is 7.79. The number of nitrogens with zero attached hydrogens (tertiary/aromatic N) is 5. The molecule has 0 fully saturated rings. The lowest BCUT2D eigenvalue weighted by Crippen LogP contribution is -2.28. The fraction of sp³-hybridized carbons (Fsp3) is 0.167. The van der Waals surface area contributed by atoms with Crippen LogP contribution in [0.15, 0.2) is 67.0 Å². The van der Waals surface area contributed by atoms with Crippen molar-refractivity contribution in [2.45, 2.75) is 19.4 Å². The van der Waals surface area contributed by atoms with Crippen LogP contribution in [-0.2, 0) is 12.6 Å². The third kappa shape index (κ3) is 4.29. The van der Waals surface area contributed by atoms with E-state index in [0.717, 1.165) is 22.5 Å². The molecule has 4 aromatic rings. The molecule has 0 aliphatic heterocycles. The maximum absolute atomic E-state index is 9.36. The maximum atomic E-state index is 9.36. The molecule has 0 spiro atoms. The number of nitriles is 1. The average Bonchev–Trinajstić information content (AvgIpc) is 3.14. The molecule has 0 saturated heterocycles. The highest BCUT2D eigenvalue weighted by molar-refractivity contribution is 5.69. The Morgan fingerprint density at radius 3 is 2.48 bits per heavy atom. The molecule has 31 heavy (non-hydrogen) atoms. The molecule has 0 radical (unpaired) electrons. The smallest absolute Gasteiger partial charge is 0.218 e. The summed E-state index contributed by atoms with van der Waals surface area (Å²) in [6, 6.07) is 18.8. The van der Waals surface area contributed by atoms with E-state index < -0.39 is 5.54 Å². The lowest BCUT2D eigenvalue weighted by Gasteiger charge is -2.19. The zero-order valence-corrected chi connectivity index (χ0v) is 17.6. The summed E-state index contributed by atoms with van der Waals surface area (Å²) in [5.41, 5.74) is 10.0.